The van der Waals surface area contributed by atoms with Crippen molar-refractivity contribution < 1.29 is 28.7 Å². The van der Waals surface area contributed by atoms with Gasteiger partial charge in [-0.3, -0.25) is 29.4 Å². The summed E-state index contributed by atoms with van der Waals surface area (Å²) in [6.45, 7) is 7.51. The molecule has 1 atom stereocenters. The Kier molecular flexibility index (Phi) is 6.33. The van der Waals surface area contributed by atoms with Crippen LogP contribution in [0.1, 0.15) is 67.2 Å². The zero-order valence-electron chi connectivity index (χ0n) is 19.7. The third-order valence-corrected chi connectivity index (χ3v) is 6.34. The Labute approximate surface area is 198 Å². The molecule has 5 amide bonds. The van der Waals surface area contributed by atoms with Crippen molar-refractivity contribution in [3.05, 3.63) is 29.3 Å². The van der Waals surface area contributed by atoms with Crippen LogP contribution in [-0.4, -0.2) is 65.9 Å². The number of nitrogens with one attached hydrogen (secondary N) is 2. The zero-order chi connectivity index (χ0) is 24.6. The normalized spacial score (nSPS) is 21.4. The molecule has 1 aromatic carbocycles. The number of fused-ring (bicyclic) bond motifs is 1. The van der Waals surface area contributed by atoms with E-state index in [0.29, 0.717) is 12.5 Å². The molecule has 1 unspecified atom stereocenters. The molecule has 2 N–H and O–H groups in total. The Morgan fingerprint density at radius 2 is 1.74 bits per heavy atom. The molecule has 0 aliphatic carbocycles. The van der Waals surface area contributed by atoms with E-state index in [0.717, 1.165) is 36.5 Å². The van der Waals surface area contributed by atoms with E-state index < -0.39 is 41.4 Å². The quantitative estimate of drug-likeness (QED) is 0.643. The van der Waals surface area contributed by atoms with Crippen molar-refractivity contribution in [1.29, 1.82) is 0 Å². The minimum atomic E-state index is -0.971. The van der Waals surface area contributed by atoms with Crippen LogP contribution in [0, 0.1) is 5.92 Å². The van der Waals surface area contributed by atoms with Crippen LogP contribution in [0.5, 0.6) is 0 Å². The van der Waals surface area contributed by atoms with Gasteiger partial charge in [-0.15, -0.1) is 0 Å². The lowest BCUT2D eigenvalue weighted by Crippen LogP contribution is -2.54. The highest BCUT2D eigenvalue weighted by Gasteiger charge is 2.44. The number of alkyl carbamates (subject to hydrolysis) is 1. The van der Waals surface area contributed by atoms with Gasteiger partial charge in [0.1, 0.15) is 11.6 Å². The lowest BCUT2D eigenvalue weighted by Gasteiger charge is -2.34. The Bertz CT molecular complexity index is 1040. The standard InChI is InChI=1S/C24H30N4O6/c1-24(2,3)34-23(33)25-13-14-8-10-27(11-9-14)15-4-5-16-17(12-15)22(32)28(21(16)31)18-6-7-19(29)26-20(18)30/h4-5,12,14,18H,6-11,13H2,1-3H3,(H,25,33)(H,26,29,30). The first kappa shape index (κ1) is 23.7. The third kappa shape index (κ3) is 4.90. The molecule has 10 nitrogen and oxygen atoms in total. The second kappa shape index (κ2) is 9.08. The van der Waals surface area contributed by atoms with Crippen LogP contribution in [-0.2, 0) is 14.3 Å². The summed E-state index contributed by atoms with van der Waals surface area (Å²) in [5.74, 6) is -1.71. The van der Waals surface area contributed by atoms with Crippen LogP contribution >= 0.6 is 0 Å². The van der Waals surface area contributed by atoms with Crippen molar-refractivity contribution in [2.24, 2.45) is 5.92 Å². The molecule has 0 saturated carbocycles. The van der Waals surface area contributed by atoms with Gasteiger partial charge in [0.25, 0.3) is 11.8 Å². The number of ether oxygens (including phenoxy) is 1. The van der Waals surface area contributed by atoms with Gasteiger partial charge in [0.05, 0.1) is 11.1 Å². The average molecular weight is 471 g/mol. The highest BCUT2D eigenvalue weighted by atomic mass is 16.6. The van der Waals surface area contributed by atoms with Gasteiger partial charge in [0, 0.05) is 31.7 Å². The summed E-state index contributed by atoms with van der Waals surface area (Å²) >= 11 is 0. The number of benzene rings is 1. The SMILES string of the molecule is CC(C)(C)OC(=O)NCC1CCN(c2ccc3c(c2)C(=O)N(C2CCC(=O)NC2=O)C3=O)CC1. The lowest BCUT2D eigenvalue weighted by atomic mass is 9.96. The van der Waals surface area contributed by atoms with Crippen LogP contribution < -0.4 is 15.5 Å². The Hall–Kier alpha value is -3.43. The van der Waals surface area contributed by atoms with E-state index in [1.807, 2.05) is 26.8 Å². The van der Waals surface area contributed by atoms with Crippen LogP contribution in [0.2, 0.25) is 0 Å². The number of nitrogens with zero attached hydrogens (tertiary/aromatic N) is 2. The second-order valence-electron chi connectivity index (χ2n) is 9.99. The molecule has 3 aliphatic rings. The van der Waals surface area contributed by atoms with Crippen molar-refractivity contribution >= 4 is 35.4 Å². The molecule has 0 spiro atoms. The number of amides is 5. The summed E-state index contributed by atoms with van der Waals surface area (Å²) in [5, 5.41) is 5.03. The highest BCUT2D eigenvalue weighted by Crippen LogP contribution is 2.32. The Balaban J connectivity index is 1.37. The maximum Gasteiger partial charge on any atom is 0.407 e. The first-order chi connectivity index (χ1) is 16.0. The summed E-state index contributed by atoms with van der Waals surface area (Å²) in [5.41, 5.74) is 0.854. The van der Waals surface area contributed by atoms with Gasteiger partial charge in [0.15, 0.2) is 0 Å². The van der Waals surface area contributed by atoms with Crippen molar-refractivity contribution in [1.82, 2.24) is 15.5 Å². The van der Waals surface area contributed by atoms with E-state index in [2.05, 4.69) is 15.5 Å². The smallest absolute Gasteiger partial charge is 0.407 e. The largest absolute Gasteiger partial charge is 0.444 e. The number of carbonyl (C=O) groups is 5. The summed E-state index contributed by atoms with van der Waals surface area (Å²) in [4.78, 5) is 64.6. The van der Waals surface area contributed by atoms with E-state index >= 15 is 0 Å². The number of hydrogen-bond acceptors (Lipinski definition) is 7. The number of hydrogen-bond donors (Lipinski definition) is 2. The Morgan fingerprint density at radius 1 is 1.06 bits per heavy atom. The minimum Gasteiger partial charge on any atom is -0.444 e. The fourth-order valence-electron chi connectivity index (χ4n) is 4.59. The fourth-order valence-corrected chi connectivity index (χ4v) is 4.59. The molecule has 0 bridgehead atoms. The maximum absolute atomic E-state index is 13.0. The number of piperidine rings is 2. The van der Waals surface area contributed by atoms with E-state index in [4.69, 9.17) is 4.74 Å². The van der Waals surface area contributed by atoms with Crippen LogP contribution in [0.15, 0.2) is 18.2 Å². The summed E-state index contributed by atoms with van der Waals surface area (Å²) in [6.07, 6.45) is 1.53. The monoisotopic (exact) mass is 470 g/mol. The summed E-state index contributed by atoms with van der Waals surface area (Å²) < 4.78 is 5.28. The molecule has 2 saturated heterocycles. The average Bonchev–Trinajstić information content (AvgIpc) is 3.01. The molecule has 0 aromatic heterocycles. The molecular formula is C24H30N4O6. The molecular weight excluding hydrogens is 440 g/mol. The number of imide groups is 2. The fraction of sp³-hybridized carbons (Fsp3) is 0.542. The van der Waals surface area contributed by atoms with Gasteiger partial charge in [0.2, 0.25) is 11.8 Å². The second-order valence-corrected chi connectivity index (χ2v) is 9.99. The van der Waals surface area contributed by atoms with Crippen molar-refractivity contribution in [2.75, 3.05) is 24.5 Å². The molecule has 4 rings (SSSR count). The number of carbonyl (C=O) groups excluding carboxylic acids is 5. The summed E-state index contributed by atoms with van der Waals surface area (Å²) in [6, 6.07) is 4.19. The first-order valence-corrected chi connectivity index (χ1v) is 11.6. The van der Waals surface area contributed by atoms with E-state index in [9.17, 15) is 24.0 Å². The van der Waals surface area contributed by atoms with E-state index in [1.54, 1.807) is 12.1 Å². The van der Waals surface area contributed by atoms with Gasteiger partial charge >= 0.3 is 6.09 Å². The number of rotatable bonds is 4. The molecule has 3 aliphatic heterocycles. The van der Waals surface area contributed by atoms with E-state index in [-0.39, 0.29) is 24.0 Å². The third-order valence-electron chi connectivity index (χ3n) is 6.34. The van der Waals surface area contributed by atoms with Gasteiger partial charge < -0.3 is 15.0 Å². The maximum atomic E-state index is 13.0. The lowest BCUT2D eigenvalue weighted by molar-refractivity contribution is -0.136. The van der Waals surface area contributed by atoms with Crippen LogP contribution in [0.3, 0.4) is 0 Å². The predicted molar refractivity (Wildman–Crippen MR) is 122 cm³/mol. The zero-order valence-corrected chi connectivity index (χ0v) is 19.7. The van der Waals surface area contributed by atoms with Gasteiger partial charge in [-0.05, 0) is 64.2 Å². The van der Waals surface area contributed by atoms with Crippen LogP contribution in [0.25, 0.3) is 0 Å². The number of anilines is 1. The van der Waals surface area contributed by atoms with E-state index in [1.165, 1.54) is 0 Å². The van der Waals surface area contributed by atoms with Crippen molar-refractivity contribution in [2.45, 2.75) is 58.1 Å². The van der Waals surface area contributed by atoms with Gasteiger partial charge in [-0.1, -0.05) is 0 Å². The molecule has 3 heterocycles. The first-order valence-electron chi connectivity index (χ1n) is 11.6. The molecule has 2 fully saturated rings. The Morgan fingerprint density at radius 3 is 2.38 bits per heavy atom. The van der Waals surface area contributed by atoms with Crippen molar-refractivity contribution in [3.8, 4) is 0 Å². The molecule has 1 aromatic rings. The van der Waals surface area contributed by atoms with Gasteiger partial charge in [-0.2, -0.15) is 0 Å². The topological polar surface area (TPSA) is 125 Å². The summed E-state index contributed by atoms with van der Waals surface area (Å²) in [7, 11) is 0. The molecule has 34 heavy (non-hydrogen) atoms. The predicted octanol–water partition coefficient (Wildman–Crippen LogP) is 1.83. The molecule has 10 heteroatoms. The molecule has 182 valence electrons. The van der Waals surface area contributed by atoms with Crippen LogP contribution in [0.4, 0.5) is 10.5 Å². The van der Waals surface area contributed by atoms with Crippen molar-refractivity contribution in [3.63, 3.8) is 0 Å². The van der Waals surface area contributed by atoms with Gasteiger partial charge in [-0.25, -0.2) is 4.79 Å². The molecule has 0 radical (unpaired) electrons. The highest BCUT2D eigenvalue weighted by molar-refractivity contribution is 6.23. The minimum absolute atomic E-state index is 0.0901.